The molecule has 70 valence electrons. The van der Waals surface area contributed by atoms with Gasteiger partial charge in [0.2, 0.25) is 0 Å². The molecular weight excluding hydrogens is 172 g/mol. The predicted molar refractivity (Wildman–Crippen MR) is 46.3 cm³/mol. The van der Waals surface area contributed by atoms with E-state index in [0.29, 0.717) is 0 Å². The van der Waals surface area contributed by atoms with Crippen molar-refractivity contribution in [1.29, 1.82) is 0 Å². The summed E-state index contributed by atoms with van der Waals surface area (Å²) in [5.41, 5.74) is 4.80. The lowest BCUT2D eigenvalue weighted by atomic mass is 10.3. The average molecular weight is 182 g/mol. The molecule has 0 unspecified atom stereocenters. The smallest absolute Gasteiger partial charge is 0.265 e. The Morgan fingerprint density at radius 1 is 1.54 bits per heavy atom. The number of primary amides is 1. The third-order valence-electron chi connectivity index (χ3n) is 1.63. The predicted octanol–water partition coefficient (Wildman–Crippen LogP) is -1.06. The highest BCUT2D eigenvalue weighted by Gasteiger charge is 2.06. The van der Waals surface area contributed by atoms with Crippen LogP contribution in [0.15, 0.2) is 23.0 Å². The molecule has 1 aromatic heterocycles. The number of hydrogen-bond acceptors (Lipinski definition) is 3. The van der Waals surface area contributed by atoms with Crippen molar-refractivity contribution in [3.63, 3.8) is 0 Å². The van der Waals surface area contributed by atoms with E-state index in [4.69, 9.17) is 10.8 Å². The second kappa shape index (κ2) is 3.86. The fraction of sp³-hybridized carbons (Fsp3) is 0.250. The normalized spacial score (nSPS) is 9.92. The Hall–Kier alpha value is -1.62. The van der Waals surface area contributed by atoms with Crippen LogP contribution < -0.4 is 11.3 Å². The van der Waals surface area contributed by atoms with Crippen LogP contribution in [-0.2, 0) is 6.54 Å². The third-order valence-corrected chi connectivity index (χ3v) is 1.63. The molecule has 0 aliphatic heterocycles. The number of aromatic nitrogens is 1. The van der Waals surface area contributed by atoms with E-state index >= 15 is 0 Å². The van der Waals surface area contributed by atoms with Gasteiger partial charge < -0.3 is 15.4 Å². The van der Waals surface area contributed by atoms with Gasteiger partial charge in [0.15, 0.2) is 0 Å². The third kappa shape index (κ3) is 1.94. The minimum Gasteiger partial charge on any atom is -0.395 e. The van der Waals surface area contributed by atoms with Crippen LogP contribution in [0, 0.1) is 0 Å². The number of aliphatic hydroxyl groups excluding tert-OH is 1. The maximum atomic E-state index is 11.2. The van der Waals surface area contributed by atoms with E-state index in [1.54, 1.807) is 0 Å². The molecule has 0 saturated heterocycles. The van der Waals surface area contributed by atoms with Crippen molar-refractivity contribution in [2.75, 3.05) is 6.61 Å². The van der Waals surface area contributed by atoms with Crippen LogP contribution in [0.3, 0.4) is 0 Å². The summed E-state index contributed by atoms with van der Waals surface area (Å²) in [5, 5.41) is 8.64. The first-order chi connectivity index (χ1) is 6.16. The molecule has 0 saturated carbocycles. The van der Waals surface area contributed by atoms with Crippen LogP contribution >= 0.6 is 0 Å². The molecule has 1 heterocycles. The number of amides is 1. The molecule has 5 heteroatoms. The number of carbonyl (C=O) groups excluding carboxylic acids is 1. The molecule has 0 aromatic carbocycles. The average Bonchev–Trinajstić information content (AvgIpc) is 2.08. The van der Waals surface area contributed by atoms with Gasteiger partial charge in [0.05, 0.1) is 6.61 Å². The van der Waals surface area contributed by atoms with Crippen LogP contribution in [0.5, 0.6) is 0 Å². The van der Waals surface area contributed by atoms with E-state index in [1.807, 2.05) is 0 Å². The van der Waals surface area contributed by atoms with Gasteiger partial charge in [0, 0.05) is 12.6 Å². The summed E-state index contributed by atoms with van der Waals surface area (Å²) in [7, 11) is 0. The first-order valence-corrected chi connectivity index (χ1v) is 3.77. The first kappa shape index (κ1) is 9.47. The summed E-state index contributed by atoms with van der Waals surface area (Å²) in [4.78, 5) is 22.0. The van der Waals surface area contributed by atoms with Gasteiger partial charge in [-0.3, -0.25) is 9.59 Å². The number of nitrogens with two attached hydrogens (primary N) is 1. The highest BCUT2D eigenvalue weighted by molar-refractivity contribution is 5.90. The summed E-state index contributed by atoms with van der Waals surface area (Å²) >= 11 is 0. The lowest BCUT2D eigenvalue weighted by molar-refractivity contribution is 0.0988. The van der Waals surface area contributed by atoms with Gasteiger partial charge >= 0.3 is 0 Å². The zero-order valence-corrected chi connectivity index (χ0v) is 6.93. The highest BCUT2D eigenvalue weighted by atomic mass is 16.3. The van der Waals surface area contributed by atoms with Crippen LogP contribution in [-0.4, -0.2) is 22.2 Å². The van der Waals surface area contributed by atoms with Crippen LogP contribution in [0.1, 0.15) is 10.5 Å². The number of carbonyl (C=O) groups is 1. The standard InChI is InChI=1S/C8H10N2O3/c9-8(13)6-2-1-3-7(12)10(6)4-5-11/h1-3,11H,4-5H2,(H2,9,13). The number of aliphatic hydroxyl groups is 1. The Kier molecular flexibility index (Phi) is 2.81. The summed E-state index contributed by atoms with van der Waals surface area (Å²) in [5.74, 6) is -0.675. The second-order valence-corrected chi connectivity index (χ2v) is 2.49. The molecule has 1 aromatic rings. The molecule has 5 nitrogen and oxygen atoms in total. The Morgan fingerprint density at radius 3 is 2.77 bits per heavy atom. The molecule has 0 spiro atoms. The zero-order valence-electron chi connectivity index (χ0n) is 6.93. The molecule has 0 aliphatic carbocycles. The van der Waals surface area contributed by atoms with Crippen molar-refractivity contribution < 1.29 is 9.90 Å². The van der Waals surface area contributed by atoms with Crippen LogP contribution in [0.4, 0.5) is 0 Å². The maximum absolute atomic E-state index is 11.2. The van der Waals surface area contributed by atoms with Crippen molar-refractivity contribution >= 4 is 5.91 Å². The molecule has 1 amide bonds. The van der Waals surface area contributed by atoms with E-state index in [0.717, 1.165) is 4.57 Å². The van der Waals surface area contributed by atoms with Crippen LogP contribution in [0.2, 0.25) is 0 Å². The Bertz CT molecular complexity index is 370. The minimum atomic E-state index is -0.675. The monoisotopic (exact) mass is 182 g/mol. The van der Waals surface area contributed by atoms with Crippen LogP contribution in [0.25, 0.3) is 0 Å². The van der Waals surface area contributed by atoms with E-state index in [-0.39, 0.29) is 24.4 Å². The Morgan fingerprint density at radius 2 is 2.23 bits per heavy atom. The van der Waals surface area contributed by atoms with E-state index < -0.39 is 5.91 Å². The van der Waals surface area contributed by atoms with Gasteiger partial charge in [-0.15, -0.1) is 0 Å². The first-order valence-electron chi connectivity index (χ1n) is 3.77. The maximum Gasteiger partial charge on any atom is 0.265 e. The Labute approximate surface area is 74.4 Å². The molecule has 1 rings (SSSR count). The van der Waals surface area contributed by atoms with Crippen molar-refractivity contribution in [2.24, 2.45) is 5.73 Å². The van der Waals surface area contributed by atoms with Gasteiger partial charge in [0.25, 0.3) is 11.5 Å². The van der Waals surface area contributed by atoms with Crippen molar-refractivity contribution in [2.45, 2.75) is 6.54 Å². The quantitative estimate of drug-likeness (QED) is 0.624. The van der Waals surface area contributed by atoms with E-state index in [2.05, 4.69) is 0 Å². The summed E-state index contributed by atoms with van der Waals surface area (Å²) in [6, 6.07) is 4.21. The van der Waals surface area contributed by atoms with Crippen molar-refractivity contribution in [3.8, 4) is 0 Å². The van der Waals surface area contributed by atoms with Gasteiger partial charge in [-0.2, -0.15) is 0 Å². The molecule has 0 aliphatic rings. The van der Waals surface area contributed by atoms with E-state index in [9.17, 15) is 9.59 Å². The molecule has 0 atom stereocenters. The molecule has 0 radical (unpaired) electrons. The second-order valence-electron chi connectivity index (χ2n) is 2.49. The summed E-state index contributed by atoms with van der Waals surface area (Å²) in [6.45, 7) is -0.123. The minimum absolute atomic E-state index is 0.0813. The van der Waals surface area contributed by atoms with Crippen molar-refractivity contribution in [1.82, 2.24) is 4.57 Å². The van der Waals surface area contributed by atoms with Gasteiger partial charge in [-0.25, -0.2) is 0 Å². The van der Waals surface area contributed by atoms with Crippen molar-refractivity contribution in [3.05, 3.63) is 34.2 Å². The van der Waals surface area contributed by atoms with Gasteiger partial charge in [-0.05, 0) is 6.07 Å². The van der Waals surface area contributed by atoms with E-state index in [1.165, 1.54) is 18.2 Å². The summed E-state index contributed by atoms with van der Waals surface area (Å²) < 4.78 is 1.14. The van der Waals surface area contributed by atoms with Gasteiger partial charge in [0.1, 0.15) is 5.69 Å². The lowest BCUT2D eigenvalue weighted by Crippen LogP contribution is -2.29. The number of hydrogen-bond donors (Lipinski definition) is 2. The molecule has 0 bridgehead atoms. The lowest BCUT2D eigenvalue weighted by Gasteiger charge is -2.07. The molecular formula is C8H10N2O3. The number of pyridine rings is 1. The number of rotatable bonds is 3. The fourth-order valence-corrected chi connectivity index (χ4v) is 1.07. The number of nitrogens with zero attached hydrogens (tertiary/aromatic N) is 1. The molecule has 0 fully saturated rings. The Balaban J connectivity index is 3.25. The highest BCUT2D eigenvalue weighted by Crippen LogP contribution is 1.94. The topological polar surface area (TPSA) is 85.3 Å². The molecule has 3 N–H and O–H groups in total. The zero-order chi connectivity index (χ0) is 9.84. The SMILES string of the molecule is NC(=O)c1cccc(=O)n1CCO. The fourth-order valence-electron chi connectivity index (χ4n) is 1.07. The molecule has 13 heavy (non-hydrogen) atoms. The largest absolute Gasteiger partial charge is 0.395 e. The van der Waals surface area contributed by atoms with Gasteiger partial charge in [-0.1, -0.05) is 6.07 Å². The summed E-state index contributed by atoms with van der Waals surface area (Å²) in [6.07, 6.45) is 0.